The molecule has 2 aromatic carbocycles. The molecule has 4 rings (SSSR count). The van der Waals surface area contributed by atoms with Crippen LogP contribution in [0.5, 0.6) is 0 Å². The molecule has 1 aliphatic heterocycles. The summed E-state index contributed by atoms with van der Waals surface area (Å²) in [6.45, 7) is 0.925. The van der Waals surface area contributed by atoms with Crippen molar-refractivity contribution in [3.63, 3.8) is 0 Å². The summed E-state index contributed by atoms with van der Waals surface area (Å²) in [6.07, 6.45) is 2.15. The first kappa shape index (κ1) is 16.1. The lowest BCUT2D eigenvalue weighted by Gasteiger charge is -2.10. The number of rotatable bonds is 3. The number of benzene rings is 2. The van der Waals surface area contributed by atoms with Crippen molar-refractivity contribution in [2.45, 2.75) is 13.0 Å². The van der Waals surface area contributed by atoms with E-state index >= 15 is 0 Å². The van der Waals surface area contributed by atoms with Gasteiger partial charge in [-0.25, -0.2) is 0 Å². The van der Waals surface area contributed by atoms with Crippen LogP contribution in [-0.2, 0) is 6.54 Å². The van der Waals surface area contributed by atoms with Crippen LogP contribution < -0.4 is 11.1 Å². The average molecular weight is 345 g/mol. The number of Topliss-reactive ketones (excluding diaryl/α,β-unsaturated/α-hetero) is 1. The molecule has 0 unspecified atom stereocenters. The Morgan fingerprint density at radius 2 is 1.81 bits per heavy atom. The van der Waals surface area contributed by atoms with Crippen molar-refractivity contribution >= 4 is 17.4 Å². The normalized spacial score (nSPS) is 13.8. The molecule has 1 amide bonds. The second-order valence-electron chi connectivity index (χ2n) is 6.46. The van der Waals surface area contributed by atoms with Crippen LogP contribution in [-0.4, -0.2) is 22.8 Å². The Bertz CT molecular complexity index is 987. The Morgan fingerprint density at radius 1 is 1.00 bits per heavy atom. The monoisotopic (exact) mass is 345 g/mol. The fourth-order valence-electron chi connectivity index (χ4n) is 3.31. The summed E-state index contributed by atoms with van der Waals surface area (Å²) in [5.41, 5.74) is 10.8. The van der Waals surface area contributed by atoms with Gasteiger partial charge in [-0.2, -0.15) is 0 Å². The van der Waals surface area contributed by atoms with Crippen molar-refractivity contribution in [1.82, 2.24) is 9.88 Å². The summed E-state index contributed by atoms with van der Waals surface area (Å²) in [7, 11) is 0. The molecule has 0 saturated heterocycles. The van der Waals surface area contributed by atoms with Crippen molar-refractivity contribution in [3.8, 4) is 11.1 Å². The van der Waals surface area contributed by atoms with E-state index < -0.39 is 0 Å². The molecular formula is C21H19N3O2. The van der Waals surface area contributed by atoms with E-state index in [2.05, 4.69) is 5.32 Å². The second kappa shape index (κ2) is 6.52. The minimum atomic E-state index is -0.188. The van der Waals surface area contributed by atoms with Gasteiger partial charge in [-0.3, -0.25) is 9.59 Å². The lowest BCUT2D eigenvalue weighted by molar-refractivity contribution is 0.0947. The molecule has 0 saturated carbocycles. The standard InChI is InChI=1S/C21H19N3O2/c22-17-3-1-2-16(12-17)15-6-4-14(5-7-15)13-24-11-9-18-19(25)8-10-23-21(26)20(18)24/h1-7,9,11-12H,8,10,13,22H2,(H,23,26). The van der Waals surface area contributed by atoms with Gasteiger partial charge < -0.3 is 15.6 Å². The Balaban J connectivity index is 1.61. The van der Waals surface area contributed by atoms with E-state index in [1.54, 1.807) is 12.3 Å². The highest BCUT2D eigenvalue weighted by atomic mass is 16.2. The zero-order valence-electron chi connectivity index (χ0n) is 14.2. The molecule has 5 nitrogen and oxygen atoms in total. The summed E-state index contributed by atoms with van der Waals surface area (Å²) >= 11 is 0. The van der Waals surface area contributed by atoms with Crippen molar-refractivity contribution < 1.29 is 9.59 Å². The number of aromatic nitrogens is 1. The molecule has 3 aromatic rings. The molecule has 26 heavy (non-hydrogen) atoms. The lowest BCUT2D eigenvalue weighted by Crippen LogP contribution is -2.25. The number of hydrogen-bond donors (Lipinski definition) is 2. The molecule has 3 N–H and O–H groups in total. The fourth-order valence-corrected chi connectivity index (χ4v) is 3.31. The topological polar surface area (TPSA) is 77.1 Å². The van der Waals surface area contributed by atoms with E-state index in [4.69, 9.17) is 5.73 Å². The summed E-state index contributed by atoms with van der Waals surface area (Å²) in [6, 6.07) is 17.6. The van der Waals surface area contributed by atoms with Crippen LogP contribution in [0, 0.1) is 0 Å². The van der Waals surface area contributed by atoms with Gasteiger partial charge in [0.05, 0.1) is 0 Å². The number of anilines is 1. The fraction of sp³-hybridized carbons (Fsp3) is 0.143. The first-order valence-corrected chi connectivity index (χ1v) is 8.57. The van der Waals surface area contributed by atoms with Gasteiger partial charge in [0.15, 0.2) is 5.78 Å². The highest BCUT2D eigenvalue weighted by Crippen LogP contribution is 2.23. The van der Waals surface area contributed by atoms with Crippen LogP contribution in [0.15, 0.2) is 60.8 Å². The van der Waals surface area contributed by atoms with Crippen LogP contribution in [0.1, 0.15) is 32.8 Å². The molecule has 1 aliphatic rings. The number of amides is 1. The van der Waals surface area contributed by atoms with E-state index in [9.17, 15) is 9.59 Å². The van der Waals surface area contributed by atoms with E-state index in [-0.39, 0.29) is 11.7 Å². The Morgan fingerprint density at radius 3 is 2.58 bits per heavy atom. The third kappa shape index (κ3) is 2.99. The van der Waals surface area contributed by atoms with Crippen LogP contribution in [0.2, 0.25) is 0 Å². The van der Waals surface area contributed by atoms with Crippen LogP contribution in [0.4, 0.5) is 5.69 Å². The van der Waals surface area contributed by atoms with Gasteiger partial charge >= 0.3 is 0 Å². The Kier molecular flexibility index (Phi) is 4.05. The first-order valence-electron chi connectivity index (χ1n) is 8.57. The predicted octanol–water partition coefficient (Wildman–Crippen LogP) is 3.10. The molecule has 0 bridgehead atoms. The van der Waals surface area contributed by atoms with Gasteiger partial charge in [0.25, 0.3) is 5.91 Å². The van der Waals surface area contributed by atoms with Gasteiger partial charge in [0.2, 0.25) is 0 Å². The SMILES string of the molecule is Nc1cccc(-c2ccc(Cn3ccc4c3C(=O)NCCC4=O)cc2)c1. The van der Waals surface area contributed by atoms with Gasteiger partial charge in [0, 0.05) is 37.0 Å². The molecule has 0 spiro atoms. The third-order valence-electron chi connectivity index (χ3n) is 4.64. The van der Waals surface area contributed by atoms with E-state index in [0.717, 1.165) is 22.4 Å². The zero-order chi connectivity index (χ0) is 18.1. The number of nitrogens with one attached hydrogen (secondary N) is 1. The number of hydrogen-bond acceptors (Lipinski definition) is 3. The highest BCUT2D eigenvalue weighted by molar-refractivity contribution is 6.09. The maximum atomic E-state index is 12.3. The minimum absolute atomic E-state index is 0.00844. The van der Waals surface area contributed by atoms with Gasteiger partial charge in [-0.1, -0.05) is 36.4 Å². The third-order valence-corrected chi connectivity index (χ3v) is 4.64. The molecule has 0 atom stereocenters. The highest BCUT2D eigenvalue weighted by Gasteiger charge is 2.24. The van der Waals surface area contributed by atoms with Crippen LogP contribution >= 0.6 is 0 Å². The summed E-state index contributed by atoms with van der Waals surface area (Å²) in [4.78, 5) is 24.4. The summed E-state index contributed by atoms with van der Waals surface area (Å²) in [5, 5.41) is 2.79. The smallest absolute Gasteiger partial charge is 0.268 e. The number of fused-ring (bicyclic) bond motifs is 1. The number of nitrogens with two attached hydrogens (primary N) is 1. The van der Waals surface area contributed by atoms with Gasteiger partial charge in [0.1, 0.15) is 5.69 Å². The first-order chi connectivity index (χ1) is 12.6. The predicted molar refractivity (Wildman–Crippen MR) is 101 cm³/mol. The maximum absolute atomic E-state index is 12.3. The van der Waals surface area contributed by atoms with Gasteiger partial charge in [-0.15, -0.1) is 0 Å². The molecule has 0 fully saturated rings. The van der Waals surface area contributed by atoms with Crippen molar-refractivity contribution in [2.24, 2.45) is 0 Å². The van der Waals surface area contributed by atoms with Crippen molar-refractivity contribution in [3.05, 3.63) is 77.6 Å². The zero-order valence-corrected chi connectivity index (χ0v) is 14.2. The largest absolute Gasteiger partial charge is 0.399 e. The molecule has 5 heteroatoms. The molecule has 0 radical (unpaired) electrons. The molecule has 1 aromatic heterocycles. The summed E-state index contributed by atoms with van der Waals surface area (Å²) in [5.74, 6) is -0.179. The Hall–Kier alpha value is -3.34. The quantitative estimate of drug-likeness (QED) is 0.716. The number of carbonyl (C=O) groups is 2. The Labute approximate surface area is 151 Å². The molecular weight excluding hydrogens is 326 g/mol. The van der Waals surface area contributed by atoms with E-state index in [1.807, 2.05) is 53.1 Å². The second-order valence-corrected chi connectivity index (χ2v) is 6.46. The molecule has 0 aliphatic carbocycles. The van der Waals surface area contributed by atoms with Gasteiger partial charge in [-0.05, 0) is 34.9 Å². The minimum Gasteiger partial charge on any atom is -0.399 e. The lowest BCUT2D eigenvalue weighted by atomic mass is 10.0. The number of carbonyl (C=O) groups excluding carboxylic acids is 2. The number of nitrogen functional groups attached to an aromatic ring is 1. The van der Waals surface area contributed by atoms with Crippen LogP contribution in [0.3, 0.4) is 0 Å². The van der Waals surface area contributed by atoms with E-state index in [0.29, 0.717) is 30.8 Å². The maximum Gasteiger partial charge on any atom is 0.268 e. The molecule has 130 valence electrons. The van der Waals surface area contributed by atoms with Crippen molar-refractivity contribution in [1.29, 1.82) is 0 Å². The van der Waals surface area contributed by atoms with Crippen LogP contribution in [0.25, 0.3) is 11.1 Å². The molecule has 2 heterocycles. The average Bonchev–Trinajstić information content (AvgIpc) is 2.99. The number of nitrogens with zero attached hydrogens (tertiary/aromatic N) is 1. The summed E-state index contributed by atoms with van der Waals surface area (Å²) < 4.78 is 1.84. The van der Waals surface area contributed by atoms with Crippen molar-refractivity contribution in [2.75, 3.05) is 12.3 Å². The van der Waals surface area contributed by atoms with E-state index in [1.165, 1.54) is 0 Å². The number of ketones is 1.